The number of rotatable bonds is 5. The van der Waals surface area contributed by atoms with E-state index in [4.69, 9.17) is 0 Å². The fourth-order valence-electron chi connectivity index (χ4n) is 1.30. The molecule has 0 aliphatic heterocycles. The molecule has 0 aliphatic carbocycles. The van der Waals surface area contributed by atoms with Crippen LogP contribution < -0.4 is 10.1 Å². The normalized spacial score (nSPS) is 11.2. The monoisotopic (exact) mass is 277 g/mol. The van der Waals surface area contributed by atoms with Crippen molar-refractivity contribution in [3.63, 3.8) is 0 Å². The highest BCUT2D eigenvalue weighted by Gasteiger charge is 2.28. The zero-order valence-electron chi connectivity index (χ0n) is 10.3. The minimum atomic E-state index is -4.48. The van der Waals surface area contributed by atoms with Gasteiger partial charge in [0.25, 0.3) is 5.91 Å². The number of amides is 1. The summed E-state index contributed by atoms with van der Waals surface area (Å²) in [6, 6.07) is 3.32. The Morgan fingerprint density at radius 3 is 2.63 bits per heavy atom. The first-order valence-electron chi connectivity index (χ1n) is 5.63. The molecule has 7 heteroatoms. The molecule has 1 amide bonds. The number of carbonyl (C=O) groups excluding carboxylic acids is 1. The van der Waals surface area contributed by atoms with E-state index in [2.05, 4.69) is 10.1 Å². The van der Waals surface area contributed by atoms with E-state index in [9.17, 15) is 23.1 Å². The van der Waals surface area contributed by atoms with E-state index < -0.39 is 18.7 Å². The fraction of sp³-hybridized carbons (Fsp3) is 0.417. The Kier molecular flexibility index (Phi) is 5.02. The van der Waals surface area contributed by atoms with E-state index in [0.29, 0.717) is 6.54 Å². The fourth-order valence-corrected chi connectivity index (χ4v) is 1.30. The van der Waals surface area contributed by atoms with E-state index >= 15 is 0 Å². The summed E-state index contributed by atoms with van der Waals surface area (Å²) >= 11 is 0. The van der Waals surface area contributed by atoms with Crippen LogP contribution in [-0.2, 0) is 0 Å². The summed E-state index contributed by atoms with van der Waals surface area (Å²) in [4.78, 5) is 11.6. The van der Waals surface area contributed by atoms with Gasteiger partial charge in [-0.1, -0.05) is 6.92 Å². The number of ether oxygens (including phenoxy) is 1. The Morgan fingerprint density at radius 2 is 2.05 bits per heavy atom. The quantitative estimate of drug-likeness (QED) is 0.869. The Balaban J connectivity index is 2.79. The van der Waals surface area contributed by atoms with E-state index in [-0.39, 0.29) is 17.1 Å². The van der Waals surface area contributed by atoms with Crippen molar-refractivity contribution in [3.05, 3.63) is 23.8 Å². The number of halogens is 3. The van der Waals surface area contributed by atoms with Gasteiger partial charge < -0.3 is 15.2 Å². The van der Waals surface area contributed by atoms with Crippen molar-refractivity contribution in [2.45, 2.75) is 19.5 Å². The number of alkyl halides is 3. The molecule has 0 saturated heterocycles. The highest BCUT2D eigenvalue weighted by atomic mass is 19.4. The lowest BCUT2D eigenvalue weighted by Crippen LogP contribution is -2.24. The Morgan fingerprint density at radius 1 is 1.37 bits per heavy atom. The van der Waals surface area contributed by atoms with Crippen molar-refractivity contribution < 1.29 is 27.8 Å². The Bertz CT molecular complexity index is 446. The molecule has 0 fully saturated rings. The number of benzene rings is 1. The van der Waals surface area contributed by atoms with Crippen LogP contribution in [0.2, 0.25) is 0 Å². The first kappa shape index (κ1) is 15.1. The van der Waals surface area contributed by atoms with Crippen LogP contribution in [0.5, 0.6) is 11.5 Å². The van der Waals surface area contributed by atoms with Gasteiger partial charge in [-0.25, -0.2) is 0 Å². The van der Waals surface area contributed by atoms with Crippen LogP contribution >= 0.6 is 0 Å². The zero-order chi connectivity index (χ0) is 14.5. The smallest absolute Gasteiger partial charge is 0.422 e. The lowest BCUT2D eigenvalue weighted by Gasteiger charge is -2.11. The molecule has 1 aromatic carbocycles. The molecule has 0 spiro atoms. The molecule has 4 nitrogen and oxygen atoms in total. The summed E-state index contributed by atoms with van der Waals surface area (Å²) < 4.78 is 40.5. The Labute approximate surface area is 108 Å². The summed E-state index contributed by atoms with van der Waals surface area (Å²) in [5.74, 6) is -1.02. The molecule has 0 heterocycles. The summed E-state index contributed by atoms with van der Waals surface area (Å²) in [6.07, 6.45) is -3.75. The van der Waals surface area contributed by atoms with Gasteiger partial charge in [0.2, 0.25) is 0 Å². The van der Waals surface area contributed by atoms with E-state index in [1.807, 2.05) is 6.92 Å². The topological polar surface area (TPSA) is 58.6 Å². The standard InChI is InChI=1S/C12H14F3NO3/c1-2-3-16-11(18)8-4-9(17)6-10(5-8)19-7-12(13,14)15/h4-6,17H,2-3,7H2,1H3,(H,16,18). The number of hydrogen-bond acceptors (Lipinski definition) is 3. The summed E-state index contributed by atoms with van der Waals surface area (Å²) in [5.41, 5.74) is 0.0469. The largest absolute Gasteiger partial charge is 0.508 e. The first-order valence-corrected chi connectivity index (χ1v) is 5.63. The van der Waals surface area contributed by atoms with Crippen LogP contribution in [0.15, 0.2) is 18.2 Å². The molecular weight excluding hydrogens is 263 g/mol. The minimum Gasteiger partial charge on any atom is -0.508 e. The van der Waals surface area contributed by atoms with E-state index in [0.717, 1.165) is 24.6 Å². The van der Waals surface area contributed by atoms with Crippen LogP contribution in [0.1, 0.15) is 23.7 Å². The lowest BCUT2D eigenvalue weighted by atomic mass is 10.2. The minimum absolute atomic E-state index is 0.0469. The second-order valence-electron chi connectivity index (χ2n) is 3.88. The molecule has 0 atom stereocenters. The van der Waals surface area contributed by atoms with Gasteiger partial charge in [-0.15, -0.1) is 0 Å². The number of phenolic OH excluding ortho intramolecular Hbond substituents is 1. The first-order chi connectivity index (χ1) is 8.81. The van der Waals surface area contributed by atoms with Crippen LogP contribution in [0.4, 0.5) is 13.2 Å². The molecule has 0 radical (unpaired) electrons. The molecule has 1 rings (SSSR count). The maximum atomic E-state index is 12.0. The van der Waals surface area contributed by atoms with Gasteiger partial charge in [0.05, 0.1) is 0 Å². The SMILES string of the molecule is CCCNC(=O)c1cc(O)cc(OCC(F)(F)F)c1. The molecule has 0 aromatic heterocycles. The van der Waals surface area contributed by atoms with Crippen LogP contribution in [0, 0.1) is 0 Å². The van der Waals surface area contributed by atoms with Crippen molar-refractivity contribution >= 4 is 5.91 Å². The maximum Gasteiger partial charge on any atom is 0.422 e. The third kappa shape index (κ3) is 5.50. The summed E-state index contributed by atoms with van der Waals surface area (Å²) in [5, 5.41) is 11.9. The summed E-state index contributed by atoms with van der Waals surface area (Å²) in [6.45, 7) is 0.820. The average molecular weight is 277 g/mol. The number of nitrogens with one attached hydrogen (secondary N) is 1. The Hall–Kier alpha value is -1.92. The molecule has 0 unspecified atom stereocenters. The van der Waals surface area contributed by atoms with E-state index in [1.54, 1.807) is 0 Å². The van der Waals surface area contributed by atoms with Gasteiger partial charge in [-0.2, -0.15) is 13.2 Å². The predicted octanol–water partition coefficient (Wildman–Crippen LogP) is 2.47. The third-order valence-electron chi connectivity index (χ3n) is 2.09. The van der Waals surface area contributed by atoms with E-state index in [1.165, 1.54) is 0 Å². The number of phenols is 1. The van der Waals surface area contributed by atoms with Crippen LogP contribution in [-0.4, -0.2) is 30.3 Å². The van der Waals surface area contributed by atoms with Crippen molar-refractivity contribution in [1.29, 1.82) is 0 Å². The van der Waals surface area contributed by atoms with Gasteiger partial charge in [-0.3, -0.25) is 4.79 Å². The molecular formula is C12H14F3NO3. The average Bonchev–Trinajstić information content (AvgIpc) is 2.32. The highest BCUT2D eigenvalue weighted by molar-refractivity contribution is 5.95. The van der Waals surface area contributed by atoms with Crippen LogP contribution in [0.3, 0.4) is 0 Å². The van der Waals surface area contributed by atoms with Crippen molar-refractivity contribution in [2.75, 3.05) is 13.2 Å². The number of hydrogen-bond donors (Lipinski definition) is 2. The number of aromatic hydroxyl groups is 1. The van der Waals surface area contributed by atoms with Crippen molar-refractivity contribution in [2.24, 2.45) is 0 Å². The second-order valence-corrected chi connectivity index (χ2v) is 3.88. The van der Waals surface area contributed by atoms with Crippen LogP contribution in [0.25, 0.3) is 0 Å². The van der Waals surface area contributed by atoms with Crippen molar-refractivity contribution in [3.8, 4) is 11.5 Å². The third-order valence-corrected chi connectivity index (χ3v) is 2.09. The molecule has 19 heavy (non-hydrogen) atoms. The molecule has 0 bridgehead atoms. The molecule has 0 saturated carbocycles. The van der Waals surface area contributed by atoms with Gasteiger partial charge in [0, 0.05) is 18.2 Å². The maximum absolute atomic E-state index is 12.0. The van der Waals surface area contributed by atoms with Crippen molar-refractivity contribution in [1.82, 2.24) is 5.32 Å². The molecule has 0 aliphatic rings. The molecule has 106 valence electrons. The second kappa shape index (κ2) is 6.31. The van der Waals surface area contributed by atoms with Gasteiger partial charge in [-0.05, 0) is 18.6 Å². The highest BCUT2D eigenvalue weighted by Crippen LogP contribution is 2.24. The zero-order valence-corrected chi connectivity index (χ0v) is 10.3. The molecule has 1 aromatic rings. The lowest BCUT2D eigenvalue weighted by molar-refractivity contribution is -0.153. The molecule has 2 N–H and O–H groups in total. The predicted molar refractivity (Wildman–Crippen MR) is 62.3 cm³/mol. The van der Waals surface area contributed by atoms with Gasteiger partial charge in [0.15, 0.2) is 6.61 Å². The van der Waals surface area contributed by atoms with Gasteiger partial charge >= 0.3 is 6.18 Å². The number of carbonyl (C=O) groups is 1. The summed E-state index contributed by atoms with van der Waals surface area (Å²) in [7, 11) is 0. The van der Waals surface area contributed by atoms with Gasteiger partial charge in [0.1, 0.15) is 11.5 Å².